The topological polar surface area (TPSA) is 82.6 Å². The van der Waals surface area contributed by atoms with Gasteiger partial charge in [-0.3, -0.25) is 4.79 Å². The second-order valence-electron chi connectivity index (χ2n) is 6.91. The molecule has 4 N–H and O–H groups in total. The molecule has 0 heterocycles. The largest absolute Gasteiger partial charge is 0.457 e. The maximum atomic E-state index is 12.0. The van der Waals surface area contributed by atoms with Crippen molar-refractivity contribution < 1.29 is 14.6 Å². The predicted molar refractivity (Wildman–Crippen MR) is 117 cm³/mol. The monoisotopic (exact) mass is 399 g/mol. The number of unbranched alkanes of at least 4 members (excludes halogenated alkanes) is 3. The Morgan fingerprint density at radius 3 is 2.07 bits per heavy atom. The van der Waals surface area contributed by atoms with Gasteiger partial charge in [0.25, 0.3) is 0 Å². The summed E-state index contributed by atoms with van der Waals surface area (Å²) in [6.45, 7) is 3.41. The van der Waals surface area contributed by atoms with Gasteiger partial charge < -0.3 is 25.8 Å². The highest BCUT2D eigenvalue weighted by Gasteiger charge is 2.03. The zero-order valence-corrected chi connectivity index (χ0v) is 17.0. The lowest BCUT2D eigenvalue weighted by atomic mass is 10.2. The summed E-state index contributed by atoms with van der Waals surface area (Å²) in [6.07, 6.45) is 5.18. The van der Waals surface area contributed by atoms with Crippen LogP contribution in [0.3, 0.4) is 0 Å². The highest BCUT2D eigenvalue weighted by Crippen LogP contribution is 2.22. The fourth-order valence-electron chi connectivity index (χ4n) is 2.80. The Labute approximate surface area is 173 Å². The molecule has 0 aromatic heterocycles. The molecule has 29 heavy (non-hydrogen) atoms. The molecule has 0 aliphatic rings. The van der Waals surface area contributed by atoms with Crippen LogP contribution in [-0.4, -0.2) is 43.8 Å². The molecule has 0 spiro atoms. The minimum Gasteiger partial charge on any atom is -0.457 e. The molecule has 0 bridgehead atoms. The van der Waals surface area contributed by atoms with Gasteiger partial charge in [0.2, 0.25) is 5.91 Å². The van der Waals surface area contributed by atoms with E-state index in [0.717, 1.165) is 68.9 Å². The number of para-hydroxylation sites is 1. The average Bonchev–Trinajstić information content (AvgIpc) is 2.74. The Hall–Kier alpha value is -2.41. The number of hydrogen-bond donors (Lipinski definition) is 4. The molecule has 6 nitrogen and oxygen atoms in total. The van der Waals surface area contributed by atoms with Crippen molar-refractivity contribution >= 4 is 11.6 Å². The van der Waals surface area contributed by atoms with Crippen LogP contribution in [0.4, 0.5) is 5.69 Å². The number of nitrogens with one attached hydrogen (secondary N) is 3. The second kappa shape index (κ2) is 14.6. The summed E-state index contributed by atoms with van der Waals surface area (Å²) in [5.74, 6) is 1.46. The number of carbonyl (C=O) groups excluding carboxylic acids is 1. The van der Waals surface area contributed by atoms with E-state index in [9.17, 15) is 4.79 Å². The minimum absolute atomic E-state index is 0.0521. The molecular formula is C23H33N3O3. The number of anilines is 1. The molecule has 0 atom stereocenters. The lowest BCUT2D eigenvalue weighted by Crippen LogP contribution is -2.29. The highest BCUT2D eigenvalue weighted by molar-refractivity contribution is 5.92. The highest BCUT2D eigenvalue weighted by atomic mass is 16.5. The van der Waals surface area contributed by atoms with E-state index in [-0.39, 0.29) is 12.5 Å². The van der Waals surface area contributed by atoms with Gasteiger partial charge in [-0.15, -0.1) is 0 Å². The summed E-state index contributed by atoms with van der Waals surface area (Å²) < 4.78 is 5.74. The first kappa shape index (κ1) is 22.9. The maximum absolute atomic E-state index is 12.0. The van der Waals surface area contributed by atoms with E-state index in [1.54, 1.807) is 0 Å². The third kappa shape index (κ3) is 10.6. The van der Waals surface area contributed by atoms with Gasteiger partial charge in [0, 0.05) is 12.3 Å². The summed E-state index contributed by atoms with van der Waals surface area (Å²) >= 11 is 0. The molecule has 0 saturated heterocycles. The number of carbonyl (C=O) groups is 1. The Bertz CT molecular complexity index is 678. The van der Waals surface area contributed by atoms with Crippen molar-refractivity contribution in [3.05, 3.63) is 54.6 Å². The Morgan fingerprint density at radius 1 is 0.759 bits per heavy atom. The van der Waals surface area contributed by atoms with Crippen LogP contribution in [0.25, 0.3) is 0 Å². The van der Waals surface area contributed by atoms with Crippen molar-refractivity contribution in [2.45, 2.75) is 32.1 Å². The van der Waals surface area contributed by atoms with E-state index < -0.39 is 0 Å². The van der Waals surface area contributed by atoms with Crippen LogP contribution in [0, 0.1) is 0 Å². The van der Waals surface area contributed by atoms with E-state index in [2.05, 4.69) is 16.0 Å². The molecule has 2 rings (SSSR count). The predicted octanol–water partition coefficient (Wildman–Crippen LogP) is 3.54. The van der Waals surface area contributed by atoms with Gasteiger partial charge >= 0.3 is 0 Å². The molecule has 0 fully saturated rings. The van der Waals surface area contributed by atoms with E-state index in [1.165, 1.54) is 0 Å². The van der Waals surface area contributed by atoms with Crippen LogP contribution < -0.4 is 20.7 Å². The van der Waals surface area contributed by atoms with Gasteiger partial charge in [-0.25, -0.2) is 0 Å². The summed E-state index contributed by atoms with van der Waals surface area (Å²) in [7, 11) is 0. The molecule has 6 heteroatoms. The fourth-order valence-corrected chi connectivity index (χ4v) is 2.80. The molecule has 2 aromatic carbocycles. The van der Waals surface area contributed by atoms with Crippen molar-refractivity contribution in [2.24, 2.45) is 0 Å². The standard InChI is InChI=1S/C23H33N3O3/c27-18-8-2-5-15-24-16-6-7-17-25-19-23(28)26-20-11-13-22(14-12-20)29-21-9-3-1-4-10-21/h1,3-4,9-14,24-25,27H,2,5-8,15-19H2,(H,26,28). The van der Waals surface area contributed by atoms with Gasteiger partial charge in [0.15, 0.2) is 0 Å². The first-order valence-electron chi connectivity index (χ1n) is 10.4. The van der Waals surface area contributed by atoms with Crippen molar-refractivity contribution in [1.82, 2.24) is 10.6 Å². The fraction of sp³-hybridized carbons (Fsp3) is 0.435. The molecule has 0 aliphatic heterocycles. The lowest BCUT2D eigenvalue weighted by Gasteiger charge is -2.09. The van der Waals surface area contributed by atoms with Crippen LogP contribution in [0.15, 0.2) is 54.6 Å². The molecule has 1 amide bonds. The van der Waals surface area contributed by atoms with Crippen LogP contribution in [-0.2, 0) is 4.79 Å². The molecule has 0 unspecified atom stereocenters. The van der Waals surface area contributed by atoms with E-state index in [1.807, 2.05) is 54.6 Å². The Morgan fingerprint density at radius 2 is 1.38 bits per heavy atom. The zero-order valence-electron chi connectivity index (χ0n) is 17.0. The van der Waals surface area contributed by atoms with Crippen molar-refractivity contribution in [3.8, 4) is 11.5 Å². The molecular weight excluding hydrogens is 366 g/mol. The summed E-state index contributed by atoms with van der Waals surface area (Å²) in [6, 6.07) is 16.9. The first-order chi connectivity index (χ1) is 14.3. The average molecular weight is 400 g/mol. The van der Waals surface area contributed by atoms with Crippen molar-refractivity contribution in [1.29, 1.82) is 0 Å². The molecule has 2 aromatic rings. The van der Waals surface area contributed by atoms with E-state index in [0.29, 0.717) is 6.54 Å². The zero-order chi connectivity index (χ0) is 20.6. The Balaban J connectivity index is 1.51. The van der Waals surface area contributed by atoms with Crippen molar-refractivity contribution in [3.63, 3.8) is 0 Å². The first-order valence-corrected chi connectivity index (χ1v) is 10.4. The van der Waals surface area contributed by atoms with Gasteiger partial charge in [-0.05, 0) is 88.1 Å². The second-order valence-corrected chi connectivity index (χ2v) is 6.91. The van der Waals surface area contributed by atoms with Crippen LogP contribution in [0.2, 0.25) is 0 Å². The number of ether oxygens (including phenoxy) is 1. The van der Waals surface area contributed by atoms with Gasteiger partial charge in [-0.1, -0.05) is 18.2 Å². The van der Waals surface area contributed by atoms with Gasteiger partial charge in [0.05, 0.1) is 6.54 Å². The van der Waals surface area contributed by atoms with Gasteiger partial charge in [-0.2, -0.15) is 0 Å². The summed E-state index contributed by atoms with van der Waals surface area (Å²) in [4.78, 5) is 12.0. The number of aliphatic hydroxyl groups is 1. The third-order valence-corrected chi connectivity index (χ3v) is 4.37. The lowest BCUT2D eigenvalue weighted by molar-refractivity contribution is -0.115. The summed E-state index contributed by atoms with van der Waals surface area (Å²) in [5, 5.41) is 18.2. The molecule has 0 radical (unpaired) electrons. The van der Waals surface area contributed by atoms with Crippen LogP contribution >= 0.6 is 0 Å². The number of rotatable bonds is 15. The number of hydrogen-bond acceptors (Lipinski definition) is 5. The number of aliphatic hydroxyl groups excluding tert-OH is 1. The Kier molecular flexibility index (Phi) is 11.5. The van der Waals surface area contributed by atoms with Crippen molar-refractivity contribution in [2.75, 3.05) is 38.1 Å². The number of benzene rings is 2. The molecule has 0 aliphatic carbocycles. The van der Waals surface area contributed by atoms with E-state index in [4.69, 9.17) is 9.84 Å². The smallest absolute Gasteiger partial charge is 0.238 e. The SMILES string of the molecule is O=C(CNCCCCNCCCCCO)Nc1ccc(Oc2ccccc2)cc1. The third-order valence-electron chi connectivity index (χ3n) is 4.37. The summed E-state index contributed by atoms with van der Waals surface area (Å²) in [5.41, 5.74) is 0.752. The normalized spacial score (nSPS) is 10.7. The molecule has 158 valence electrons. The molecule has 0 saturated carbocycles. The van der Waals surface area contributed by atoms with Crippen LogP contribution in [0.5, 0.6) is 11.5 Å². The quantitative estimate of drug-likeness (QED) is 0.344. The van der Waals surface area contributed by atoms with Crippen LogP contribution in [0.1, 0.15) is 32.1 Å². The number of amides is 1. The minimum atomic E-state index is -0.0521. The van der Waals surface area contributed by atoms with E-state index >= 15 is 0 Å². The van der Waals surface area contributed by atoms with Gasteiger partial charge in [0.1, 0.15) is 11.5 Å². The maximum Gasteiger partial charge on any atom is 0.238 e.